The minimum atomic E-state index is -4.77. The summed E-state index contributed by atoms with van der Waals surface area (Å²) in [6.07, 6.45) is -4.77. The highest BCUT2D eigenvalue weighted by molar-refractivity contribution is 5.71. The van der Waals surface area contributed by atoms with Crippen molar-refractivity contribution in [2.45, 2.75) is 12.7 Å². The summed E-state index contributed by atoms with van der Waals surface area (Å²) in [5.74, 6) is -4.33. The summed E-state index contributed by atoms with van der Waals surface area (Å²) < 4.78 is 37.0. The Morgan fingerprint density at radius 2 is 1.95 bits per heavy atom. The first kappa shape index (κ1) is 15.0. The Morgan fingerprint density at radius 1 is 1.37 bits per heavy atom. The largest absolute Gasteiger partial charge is 0.481 e. The molecule has 0 bridgehead atoms. The Kier molecular flexibility index (Phi) is 4.89. The number of hydrogen-bond donors (Lipinski definition) is 2. The van der Waals surface area contributed by atoms with Crippen LogP contribution in [0.25, 0.3) is 0 Å². The number of nitrogens with zero attached hydrogens (tertiary/aromatic N) is 1. The molecule has 1 atom stereocenters. The molecule has 19 heavy (non-hydrogen) atoms. The van der Waals surface area contributed by atoms with Crippen LogP contribution in [0.1, 0.15) is 11.1 Å². The number of benzene rings is 1. The quantitative estimate of drug-likeness (QED) is 0.858. The second-order valence-electron chi connectivity index (χ2n) is 3.87. The van der Waals surface area contributed by atoms with Crippen molar-refractivity contribution in [1.82, 2.24) is 5.32 Å². The van der Waals surface area contributed by atoms with E-state index in [1.54, 1.807) is 12.1 Å². The highest BCUT2D eigenvalue weighted by atomic mass is 19.4. The number of carboxylic acid groups (broad SMARTS) is 1. The highest BCUT2D eigenvalue weighted by Crippen LogP contribution is 2.25. The van der Waals surface area contributed by atoms with Crippen LogP contribution in [0.4, 0.5) is 13.2 Å². The monoisotopic (exact) mass is 272 g/mol. The molecule has 0 saturated carbocycles. The number of carbonyl (C=O) groups is 1. The Balaban J connectivity index is 2.53. The van der Waals surface area contributed by atoms with Crippen LogP contribution in [0.2, 0.25) is 0 Å². The molecule has 1 aromatic rings. The van der Waals surface area contributed by atoms with E-state index in [4.69, 9.17) is 10.4 Å². The number of nitriles is 1. The molecule has 7 heteroatoms. The predicted molar refractivity (Wildman–Crippen MR) is 60.0 cm³/mol. The minimum absolute atomic E-state index is 0.103. The molecule has 0 amide bonds. The van der Waals surface area contributed by atoms with Gasteiger partial charge in [0, 0.05) is 13.1 Å². The van der Waals surface area contributed by atoms with Gasteiger partial charge in [-0.3, -0.25) is 4.79 Å². The molecular weight excluding hydrogens is 261 g/mol. The third-order valence-electron chi connectivity index (χ3n) is 2.45. The van der Waals surface area contributed by atoms with Crippen molar-refractivity contribution >= 4 is 5.97 Å². The SMILES string of the molecule is N#Cc1ccc(CNCC(C(=O)O)C(F)(F)F)cc1. The summed E-state index contributed by atoms with van der Waals surface area (Å²) in [6, 6.07) is 8.18. The molecule has 0 aliphatic carbocycles. The van der Waals surface area contributed by atoms with Crippen molar-refractivity contribution in [3.05, 3.63) is 35.4 Å². The second-order valence-corrected chi connectivity index (χ2v) is 3.87. The molecule has 1 rings (SSSR count). The maximum atomic E-state index is 12.3. The van der Waals surface area contributed by atoms with Crippen molar-refractivity contribution in [2.24, 2.45) is 5.92 Å². The molecule has 102 valence electrons. The van der Waals surface area contributed by atoms with Gasteiger partial charge in [-0.25, -0.2) is 0 Å². The van der Waals surface area contributed by atoms with Gasteiger partial charge in [0.25, 0.3) is 0 Å². The van der Waals surface area contributed by atoms with Gasteiger partial charge in [0.15, 0.2) is 5.92 Å². The van der Waals surface area contributed by atoms with E-state index >= 15 is 0 Å². The normalized spacial score (nSPS) is 12.7. The van der Waals surface area contributed by atoms with Crippen molar-refractivity contribution in [2.75, 3.05) is 6.54 Å². The average molecular weight is 272 g/mol. The number of aliphatic carboxylic acids is 1. The van der Waals surface area contributed by atoms with E-state index in [-0.39, 0.29) is 6.54 Å². The van der Waals surface area contributed by atoms with Crippen molar-refractivity contribution in [3.8, 4) is 6.07 Å². The van der Waals surface area contributed by atoms with Crippen LogP contribution in [0.15, 0.2) is 24.3 Å². The minimum Gasteiger partial charge on any atom is -0.481 e. The smallest absolute Gasteiger partial charge is 0.403 e. The lowest BCUT2D eigenvalue weighted by Gasteiger charge is -2.16. The molecule has 0 heterocycles. The van der Waals surface area contributed by atoms with E-state index in [0.29, 0.717) is 11.1 Å². The van der Waals surface area contributed by atoms with E-state index in [1.807, 2.05) is 6.07 Å². The van der Waals surface area contributed by atoms with Gasteiger partial charge in [0.1, 0.15) is 0 Å². The standard InChI is InChI=1S/C12H11F3N2O2/c13-12(14,15)10(11(18)19)7-17-6-9-3-1-8(5-16)2-4-9/h1-4,10,17H,6-7H2,(H,18,19). The first-order valence-electron chi connectivity index (χ1n) is 5.34. The fraction of sp³-hybridized carbons (Fsp3) is 0.333. The van der Waals surface area contributed by atoms with Crippen molar-refractivity contribution < 1.29 is 23.1 Å². The number of alkyl halides is 3. The van der Waals surface area contributed by atoms with Gasteiger partial charge >= 0.3 is 12.1 Å². The molecule has 4 nitrogen and oxygen atoms in total. The Labute approximate surface area is 107 Å². The Hall–Kier alpha value is -2.07. The zero-order valence-corrected chi connectivity index (χ0v) is 9.74. The van der Waals surface area contributed by atoms with Crippen LogP contribution in [-0.4, -0.2) is 23.8 Å². The van der Waals surface area contributed by atoms with E-state index in [2.05, 4.69) is 5.32 Å². The van der Waals surface area contributed by atoms with E-state index < -0.39 is 24.6 Å². The molecule has 1 aromatic carbocycles. The van der Waals surface area contributed by atoms with Crippen LogP contribution in [0, 0.1) is 17.2 Å². The van der Waals surface area contributed by atoms with Crippen LogP contribution in [0.3, 0.4) is 0 Å². The summed E-state index contributed by atoms with van der Waals surface area (Å²) in [4.78, 5) is 10.5. The Morgan fingerprint density at radius 3 is 2.37 bits per heavy atom. The maximum absolute atomic E-state index is 12.3. The molecule has 0 radical (unpaired) electrons. The molecule has 0 aliphatic rings. The first-order chi connectivity index (χ1) is 8.84. The molecule has 1 unspecified atom stereocenters. The van der Waals surface area contributed by atoms with Crippen LogP contribution < -0.4 is 5.32 Å². The molecule has 0 saturated heterocycles. The lowest BCUT2D eigenvalue weighted by molar-refractivity contribution is -0.192. The molecule has 0 spiro atoms. The highest BCUT2D eigenvalue weighted by Gasteiger charge is 2.44. The molecule has 0 aromatic heterocycles. The zero-order chi connectivity index (χ0) is 14.5. The van der Waals surface area contributed by atoms with E-state index in [9.17, 15) is 18.0 Å². The van der Waals surface area contributed by atoms with Crippen LogP contribution >= 0.6 is 0 Å². The maximum Gasteiger partial charge on any atom is 0.403 e. The summed E-state index contributed by atoms with van der Waals surface area (Å²) in [7, 11) is 0. The Bertz CT molecular complexity index is 477. The fourth-order valence-corrected chi connectivity index (χ4v) is 1.40. The number of nitrogens with one attached hydrogen (secondary N) is 1. The topological polar surface area (TPSA) is 73.1 Å². The molecular formula is C12H11F3N2O2. The summed E-state index contributed by atoms with van der Waals surface area (Å²) in [5, 5.41) is 19.5. The van der Waals surface area contributed by atoms with Gasteiger partial charge < -0.3 is 10.4 Å². The van der Waals surface area contributed by atoms with E-state index in [0.717, 1.165) is 0 Å². The van der Waals surface area contributed by atoms with Gasteiger partial charge in [-0.05, 0) is 17.7 Å². The summed E-state index contributed by atoms with van der Waals surface area (Å²) in [6.45, 7) is -0.593. The van der Waals surface area contributed by atoms with E-state index in [1.165, 1.54) is 12.1 Å². The number of hydrogen-bond acceptors (Lipinski definition) is 3. The number of rotatable bonds is 5. The third kappa shape index (κ3) is 4.60. The van der Waals surface area contributed by atoms with Gasteiger partial charge in [-0.1, -0.05) is 12.1 Å². The summed E-state index contributed by atoms with van der Waals surface area (Å²) >= 11 is 0. The number of halogens is 3. The predicted octanol–water partition coefficient (Wildman–Crippen LogP) is 1.91. The van der Waals surface area contributed by atoms with Gasteiger partial charge in [-0.2, -0.15) is 18.4 Å². The van der Waals surface area contributed by atoms with Crippen LogP contribution in [0.5, 0.6) is 0 Å². The average Bonchev–Trinajstić information content (AvgIpc) is 2.33. The van der Waals surface area contributed by atoms with Gasteiger partial charge in [0.2, 0.25) is 0 Å². The molecule has 2 N–H and O–H groups in total. The molecule has 0 aliphatic heterocycles. The zero-order valence-electron chi connectivity index (χ0n) is 9.74. The van der Waals surface area contributed by atoms with Gasteiger partial charge in [0.05, 0.1) is 11.6 Å². The van der Waals surface area contributed by atoms with Crippen molar-refractivity contribution in [1.29, 1.82) is 5.26 Å². The molecule has 0 fully saturated rings. The second kappa shape index (κ2) is 6.20. The first-order valence-corrected chi connectivity index (χ1v) is 5.34. The summed E-state index contributed by atoms with van der Waals surface area (Å²) in [5.41, 5.74) is 1.12. The van der Waals surface area contributed by atoms with Crippen molar-refractivity contribution in [3.63, 3.8) is 0 Å². The lowest BCUT2D eigenvalue weighted by Crippen LogP contribution is -2.38. The fourth-order valence-electron chi connectivity index (χ4n) is 1.40. The number of carboxylic acids is 1. The van der Waals surface area contributed by atoms with Crippen LogP contribution in [-0.2, 0) is 11.3 Å². The third-order valence-corrected chi connectivity index (χ3v) is 2.45. The lowest BCUT2D eigenvalue weighted by atomic mass is 10.1. The van der Waals surface area contributed by atoms with Gasteiger partial charge in [-0.15, -0.1) is 0 Å².